The summed E-state index contributed by atoms with van der Waals surface area (Å²) in [4.78, 5) is 11.9. The number of amides is 1. The molecule has 0 radical (unpaired) electrons. The van der Waals surface area contributed by atoms with Crippen LogP contribution in [-0.4, -0.2) is 16.7 Å². The number of nitrogens with one attached hydrogen (secondary N) is 1. The second-order valence-corrected chi connectivity index (χ2v) is 5.10. The molecule has 2 aromatic rings. The maximum atomic E-state index is 11.9. The number of carbonyl (C=O) groups is 1. The molecule has 0 spiro atoms. The van der Waals surface area contributed by atoms with Gasteiger partial charge >= 0.3 is 0 Å². The fourth-order valence-electron chi connectivity index (χ4n) is 1.65. The molecular formula is C15H12Cl2N2O2. The molecule has 0 saturated heterocycles. The van der Waals surface area contributed by atoms with E-state index in [4.69, 9.17) is 23.2 Å². The van der Waals surface area contributed by atoms with Crippen molar-refractivity contribution >= 4 is 34.8 Å². The molecule has 0 aliphatic heterocycles. The Morgan fingerprint density at radius 2 is 1.86 bits per heavy atom. The van der Waals surface area contributed by atoms with E-state index in [1.165, 1.54) is 12.1 Å². The first-order valence-corrected chi connectivity index (χ1v) is 6.82. The van der Waals surface area contributed by atoms with E-state index >= 15 is 0 Å². The molecule has 0 unspecified atom stereocenters. The van der Waals surface area contributed by atoms with Crippen LogP contribution in [0.4, 0.5) is 0 Å². The molecule has 0 aromatic heterocycles. The number of hydrazone groups is 1. The van der Waals surface area contributed by atoms with Crippen LogP contribution in [0.25, 0.3) is 0 Å². The van der Waals surface area contributed by atoms with Crippen LogP contribution in [0.1, 0.15) is 22.8 Å². The van der Waals surface area contributed by atoms with Gasteiger partial charge in [-0.25, -0.2) is 5.43 Å². The van der Waals surface area contributed by atoms with Gasteiger partial charge in [0, 0.05) is 0 Å². The van der Waals surface area contributed by atoms with Crippen LogP contribution in [0.2, 0.25) is 10.0 Å². The molecule has 0 heterocycles. The van der Waals surface area contributed by atoms with Gasteiger partial charge < -0.3 is 5.11 Å². The lowest BCUT2D eigenvalue weighted by atomic mass is 10.1. The Labute approximate surface area is 132 Å². The van der Waals surface area contributed by atoms with E-state index in [-0.39, 0.29) is 11.3 Å². The molecule has 0 bridgehead atoms. The highest BCUT2D eigenvalue weighted by molar-refractivity contribution is 6.42. The third-order valence-electron chi connectivity index (χ3n) is 2.81. The minimum absolute atomic E-state index is 0.0996. The van der Waals surface area contributed by atoms with Crippen LogP contribution in [0.3, 0.4) is 0 Å². The predicted molar refractivity (Wildman–Crippen MR) is 84.2 cm³/mol. The largest absolute Gasteiger partial charge is 0.507 e. The highest BCUT2D eigenvalue weighted by atomic mass is 35.5. The van der Waals surface area contributed by atoms with Gasteiger partial charge in [0.15, 0.2) is 0 Å². The van der Waals surface area contributed by atoms with E-state index < -0.39 is 5.91 Å². The molecule has 0 saturated carbocycles. The van der Waals surface area contributed by atoms with Crippen LogP contribution in [0.5, 0.6) is 5.75 Å². The highest BCUT2D eigenvalue weighted by Crippen LogP contribution is 2.22. The summed E-state index contributed by atoms with van der Waals surface area (Å²) in [6.07, 6.45) is 0. The summed E-state index contributed by atoms with van der Waals surface area (Å²) >= 11 is 11.8. The van der Waals surface area contributed by atoms with Crippen LogP contribution >= 0.6 is 23.2 Å². The molecule has 0 aliphatic rings. The number of para-hydroxylation sites is 1. The summed E-state index contributed by atoms with van der Waals surface area (Å²) in [5, 5.41) is 14.4. The molecule has 21 heavy (non-hydrogen) atoms. The lowest BCUT2D eigenvalue weighted by Crippen LogP contribution is -2.19. The number of halogens is 2. The number of rotatable bonds is 3. The molecule has 1 amide bonds. The quantitative estimate of drug-likeness (QED) is 0.666. The van der Waals surface area contributed by atoms with Gasteiger partial charge in [-0.15, -0.1) is 0 Å². The number of nitrogens with zero attached hydrogens (tertiary/aromatic N) is 1. The first kappa shape index (κ1) is 15.4. The number of benzene rings is 2. The molecule has 2 aromatic carbocycles. The SMILES string of the molecule is C/C(=N/NC(=O)c1ccccc1O)c1ccc(Cl)c(Cl)c1. The van der Waals surface area contributed by atoms with E-state index in [1.807, 2.05) is 0 Å². The van der Waals surface area contributed by atoms with Crippen LogP contribution in [-0.2, 0) is 0 Å². The lowest BCUT2D eigenvalue weighted by Gasteiger charge is -2.05. The number of hydrogen-bond acceptors (Lipinski definition) is 3. The van der Waals surface area contributed by atoms with Gasteiger partial charge in [-0.05, 0) is 36.8 Å². The van der Waals surface area contributed by atoms with E-state index in [9.17, 15) is 9.90 Å². The standard InChI is InChI=1S/C15H12Cl2N2O2/c1-9(10-6-7-12(16)13(17)8-10)18-19-15(21)11-4-2-3-5-14(11)20/h2-8,20H,1H3,(H,19,21)/b18-9-. The van der Waals surface area contributed by atoms with Crippen LogP contribution in [0.15, 0.2) is 47.6 Å². The van der Waals surface area contributed by atoms with Gasteiger partial charge in [0.1, 0.15) is 5.75 Å². The summed E-state index contributed by atoms with van der Waals surface area (Å²) in [5.74, 6) is -0.593. The molecule has 6 heteroatoms. The predicted octanol–water partition coefficient (Wildman–Crippen LogP) is 3.85. The molecular weight excluding hydrogens is 311 g/mol. The zero-order chi connectivity index (χ0) is 15.4. The Kier molecular flexibility index (Phi) is 4.83. The maximum Gasteiger partial charge on any atom is 0.275 e. The summed E-state index contributed by atoms with van der Waals surface area (Å²) in [7, 11) is 0. The summed E-state index contributed by atoms with van der Waals surface area (Å²) in [5.41, 5.74) is 3.85. The molecule has 2 N–H and O–H groups in total. The molecule has 108 valence electrons. The minimum Gasteiger partial charge on any atom is -0.507 e. The van der Waals surface area contributed by atoms with E-state index in [1.54, 1.807) is 37.3 Å². The van der Waals surface area contributed by atoms with E-state index in [2.05, 4.69) is 10.5 Å². The fourth-order valence-corrected chi connectivity index (χ4v) is 1.94. The Hall–Kier alpha value is -2.04. The smallest absolute Gasteiger partial charge is 0.275 e. The van der Waals surface area contributed by atoms with E-state index in [0.717, 1.165) is 5.56 Å². The van der Waals surface area contributed by atoms with Crippen molar-refractivity contribution in [1.29, 1.82) is 0 Å². The van der Waals surface area contributed by atoms with E-state index in [0.29, 0.717) is 15.8 Å². The summed E-state index contributed by atoms with van der Waals surface area (Å²) in [6.45, 7) is 1.73. The lowest BCUT2D eigenvalue weighted by molar-refractivity contribution is 0.0952. The third kappa shape index (κ3) is 3.74. The minimum atomic E-state index is -0.493. The van der Waals surface area contributed by atoms with Crippen molar-refractivity contribution in [1.82, 2.24) is 5.43 Å². The van der Waals surface area contributed by atoms with Crippen molar-refractivity contribution in [2.24, 2.45) is 5.10 Å². The second kappa shape index (κ2) is 6.61. The number of phenols is 1. The van der Waals surface area contributed by atoms with Crippen molar-refractivity contribution in [3.05, 3.63) is 63.6 Å². The number of hydrogen-bond donors (Lipinski definition) is 2. The van der Waals surface area contributed by atoms with Crippen molar-refractivity contribution < 1.29 is 9.90 Å². The Morgan fingerprint density at radius 3 is 2.52 bits per heavy atom. The van der Waals surface area contributed by atoms with Crippen LogP contribution < -0.4 is 5.43 Å². The van der Waals surface area contributed by atoms with Crippen molar-refractivity contribution in [2.45, 2.75) is 6.92 Å². The monoisotopic (exact) mass is 322 g/mol. The summed E-state index contributed by atoms with van der Waals surface area (Å²) < 4.78 is 0. The average molecular weight is 323 g/mol. The highest BCUT2D eigenvalue weighted by Gasteiger charge is 2.09. The second-order valence-electron chi connectivity index (χ2n) is 4.28. The van der Waals surface area contributed by atoms with Crippen molar-refractivity contribution in [3.8, 4) is 5.75 Å². The van der Waals surface area contributed by atoms with Gasteiger partial charge in [-0.1, -0.05) is 41.4 Å². The van der Waals surface area contributed by atoms with Crippen molar-refractivity contribution in [3.63, 3.8) is 0 Å². The van der Waals surface area contributed by atoms with Crippen LogP contribution in [0, 0.1) is 0 Å². The summed E-state index contributed by atoms with van der Waals surface area (Å²) in [6, 6.07) is 11.3. The van der Waals surface area contributed by atoms with Gasteiger partial charge in [0.05, 0.1) is 21.3 Å². The molecule has 0 atom stereocenters. The maximum absolute atomic E-state index is 11.9. The number of carbonyl (C=O) groups excluding carboxylic acids is 1. The third-order valence-corrected chi connectivity index (χ3v) is 3.55. The first-order valence-electron chi connectivity index (χ1n) is 6.07. The average Bonchev–Trinajstić information content (AvgIpc) is 2.47. The fraction of sp³-hybridized carbons (Fsp3) is 0.0667. The zero-order valence-electron chi connectivity index (χ0n) is 11.1. The Morgan fingerprint density at radius 1 is 1.14 bits per heavy atom. The first-order chi connectivity index (χ1) is 9.99. The molecule has 0 fully saturated rings. The van der Waals surface area contributed by atoms with Gasteiger partial charge in [-0.2, -0.15) is 5.10 Å². The van der Waals surface area contributed by atoms with Gasteiger partial charge in [-0.3, -0.25) is 4.79 Å². The normalized spacial score (nSPS) is 11.3. The Balaban J connectivity index is 2.15. The Bertz CT molecular complexity index is 715. The van der Waals surface area contributed by atoms with Gasteiger partial charge in [0.25, 0.3) is 5.91 Å². The number of phenolic OH excluding ortho intramolecular Hbond substituents is 1. The molecule has 2 rings (SSSR count). The van der Waals surface area contributed by atoms with Gasteiger partial charge in [0.2, 0.25) is 0 Å². The zero-order valence-corrected chi connectivity index (χ0v) is 12.6. The number of aromatic hydroxyl groups is 1. The molecule has 4 nitrogen and oxygen atoms in total. The topological polar surface area (TPSA) is 61.7 Å². The molecule has 0 aliphatic carbocycles. The van der Waals surface area contributed by atoms with Crippen molar-refractivity contribution in [2.75, 3.05) is 0 Å².